The molecular weight excluding hydrogens is 292 g/mol. The number of rotatable bonds is 2. The van der Waals surface area contributed by atoms with E-state index in [2.05, 4.69) is 17.3 Å². The molecule has 6 heteroatoms. The molecule has 0 aromatic carbocycles. The van der Waals surface area contributed by atoms with Gasteiger partial charge in [0.1, 0.15) is 5.60 Å². The van der Waals surface area contributed by atoms with Crippen molar-refractivity contribution in [3.8, 4) is 0 Å². The van der Waals surface area contributed by atoms with Gasteiger partial charge in [0, 0.05) is 31.3 Å². The number of hydrogen-bond acceptors (Lipinski definition) is 4. The van der Waals surface area contributed by atoms with Gasteiger partial charge < -0.3 is 15.0 Å². The molecule has 1 spiro atoms. The van der Waals surface area contributed by atoms with Gasteiger partial charge >= 0.3 is 0 Å². The maximum atomic E-state index is 13.0. The molecule has 1 aromatic rings. The van der Waals surface area contributed by atoms with E-state index < -0.39 is 5.60 Å². The van der Waals surface area contributed by atoms with E-state index >= 15 is 0 Å². The van der Waals surface area contributed by atoms with Gasteiger partial charge in [0.25, 0.3) is 0 Å². The lowest BCUT2D eigenvalue weighted by Gasteiger charge is -2.40. The molecule has 2 aliphatic heterocycles. The quantitative estimate of drug-likeness (QED) is 0.879. The summed E-state index contributed by atoms with van der Waals surface area (Å²) in [5.74, 6) is 0.575. The van der Waals surface area contributed by atoms with E-state index in [0.717, 1.165) is 37.9 Å². The second-order valence-corrected chi connectivity index (χ2v) is 7.61. The molecule has 1 aliphatic carbocycles. The number of carbonyl (C=O) groups is 1. The number of ether oxygens (including phenoxy) is 1. The minimum absolute atomic E-state index is 0.237. The zero-order valence-electron chi connectivity index (χ0n) is 14.0. The number of aromatic nitrogens is 2. The average Bonchev–Trinajstić information content (AvgIpc) is 3.03. The van der Waals surface area contributed by atoms with Crippen molar-refractivity contribution >= 4 is 5.91 Å². The summed E-state index contributed by atoms with van der Waals surface area (Å²) in [5.41, 5.74) is 0.897. The van der Waals surface area contributed by atoms with E-state index in [0.29, 0.717) is 31.0 Å². The largest absolute Gasteiger partial charge is 0.367 e. The van der Waals surface area contributed by atoms with Gasteiger partial charge in [-0.2, -0.15) is 5.10 Å². The average molecular weight is 318 g/mol. The lowest BCUT2D eigenvalue weighted by atomic mass is 9.91. The number of nitrogens with one attached hydrogen (secondary N) is 1. The van der Waals surface area contributed by atoms with Crippen molar-refractivity contribution in [3.63, 3.8) is 0 Å². The Hall–Kier alpha value is -1.40. The van der Waals surface area contributed by atoms with Gasteiger partial charge in [-0.3, -0.25) is 9.48 Å². The summed E-state index contributed by atoms with van der Waals surface area (Å²) in [4.78, 5) is 15.0. The number of piperidine rings is 1. The van der Waals surface area contributed by atoms with E-state index in [4.69, 9.17) is 4.74 Å². The Labute approximate surface area is 137 Å². The fraction of sp³-hybridized carbons (Fsp3) is 0.765. The molecular formula is C17H26N4O2. The second-order valence-electron chi connectivity index (χ2n) is 7.61. The Morgan fingerprint density at radius 2 is 2.22 bits per heavy atom. The maximum Gasteiger partial charge on any atom is 0.226 e. The smallest absolute Gasteiger partial charge is 0.226 e. The highest BCUT2D eigenvalue weighted by Crippen LogP contribution is 2.59. The molecule has 3 fully saturated rings. The van der Waals surface area contributed by atoms with E-state index in [9.17, 15) is 4.79 Å². The van der Waals surface area contributed by atoms with Crippen molar-refractivity contribution in [3.05, 3.63) is 18.0 Å². The molecule has 6 nitrogen and oxygen atoms in total. The number of carbonyl (C=O) groups excluding carboxylic acids is 1. The Morgan fingerprint density at radius 3 is 2.91 bits per heavy atom. The van der Waals surface area contributed by atoms with E-state index in [-0.39, 0.29) is 5.92 Å². The summed E-state index contributed by atoms with van der Waals surface area (Å²) in [6.45, 7) is 6.11. The van der Waals surface area contributed by atoms with E-state index in [1.54, 1.807) is 4.68 Å². The van der Waals surface area contributed by atoms with E-state index in [1.807, 2.05) is 24.3 Å². The number of nitrogens with zero attached hydrogens (tertiary/aromatic N) is 3. The van der Waals surface area contributed by atoms with Crippen LogP contribution >= 0.6 is 0 Å². The lowest BCUT2D eigenvalue weighted by Crippen LogP contribution is -2.51. The SMILES string of the molecule is Cn1cc([C@@]2(C)CN(C(=O)[C@@H]3CC34CCNCC4)CCO2)cn1. The Bertz CT molecular complexity index is 607. The first-order valence-electron chi connectivity index (χ1n) is 8.65. The first kappa shape index (κ1) is 15.1. The highest BCUT2D eigenvalue weighted by atomic mass is 16.5. The first-order chi connectivity index (χ1) is 11.0. The van der Waals surface area contributed by atoms with Crippen LogP contribution in [0, 0.1) is 11.3 Å². The topological polar surface area (TPSA) is 59.4 Å². The molecule has 0 bridgehead atoms. The molecule has 126 valence electrons. The zero-order valence-corrected chi connectivity index (χ0v) is 14.0. The third-order valence-electron chi connectivity index (χ3n) is 5.99. The van der Waals surface area contributed by atoms with Crippen molar-refractivity contribution < 1.29 is 9.53 Å². The van der Waals surface area contributed by atoms with Gasteiger partial charge in [0.15, 0.2) is 0 Å². The molecule has 1 aromatic heterocycles. The number of hydrogen-bond donors (Lipinski definition) is 1. The zero-order chi connectivity index (χ0) is 16.1. The number of morpholine rings is 1. The molecule has 0 unspecified atom stereocenters. The summed E-state index contributed by atoms with van der Waals surface area (Å²) >= 11 is 0. The summed E-state index contributed by atoms with van der Waals surface area (Å²) < 4.78 is 7.81. The molecule has 1 N–H and O–H groups in total. The van der Waals surface area contributed by atoms with Gasteiger partial charge in [-0.05, 0) is 44.7 Å². The van der Waals surface area contributed by atoms with Crippen LogP contribution in [0.25, 0.3) is 0 Å². The summed E-state index contributed by atoms with van der Waals surface area (Å²) in [5, 5.41) is 7.65. The number of amides is 1. The van der Waals surface area contributed by atoms with Crippen LogP contribution < -0.4 is 5.32 Å². The Balaban J connectivity index is 1.46. The highest BCUT2D eigenvalue weighted by molar-refractivity contribution is 5.83. The predicted molar refractivity (Wildman–Crippen MR) is 85.7 cm³/mol. The van der Waals surface area contributed by atoms with Gasteiger partial charge in [-0.15, -0.1) is 0 Å². The van der Waals surface area contributed by atoms with Crippen LogP contribution in [-0.2, 0) is 22.2 Å². The van der Waals surface area contributed by atoms with Crippen molar-refractivity contribution in [1.29, 1.82) is 0 Å². The van der Waals surface area contributed by atoms with Crippen molar-refractivity contribution in [1.82, 2.24) is 20.0 Å². The third kappa shape index (κ3) is 2.58. The van der Waals surface area contributed by atoms with Crippen LogP contribution in [-0.4, -0.2) is 53.4 Å². The maximum absolute atomic E-state index is 13.0. The normalized spacial score (nSPS) is 33.0. The van der Waals surface area contributed by atoms with E-state index in [1.165, 1.54) is 0 Å². The van der Waals surface area contributed by atoms with Crippen LogP contribution in [0.5, 0.6) is 0 Å². The van der Waals surface area contributed by atoms with Crippen LogP contribution in [0.4, 0.5) is 0 Å². The van der Waals surface area contributed by atoms with Gasteiger partial charge in [-0.1, -0.05) is 0 Å². The fourth-order valence-corrected chi connectivity index (χ4v) is 4.32. The van der Waals surface area contributed by atoms with Crippen LogP contribution in [0.3, 0.4) is 0 Å². The van der Waals surface area contributed by atoms with Gasteiger partial charge in [-0.25, -0.2) is 0 Å². The molecule has 2 saturated heterocycles. The van der Waals surface area contributed by atoms with Crippen LogP contribution in [0.15, 0.2) is 12.4 Å². The van der Waals surface area contributed by atoms with Gasteiger partial charge in [0.2, 0.25) is 5.91 Å². The molecule has 23 heavy (non-hydrogen) atoms. The van der Waals surface area contributed by atoms with Crippen LogP contribution in [0.1, 0.15) is 31.7 Å². The molecule has 2 atom stereocenters. The summed E-state index contributed by atoms with van der Waals surface area (Å²) in [7, 11) is 1.91. The summed E-state index contributed by atoms with van der Waals surface area (Å²) in [6.07, 6.45) is 7.20. The van der Waals surface area contributed by atoms with Crippen LogP contribution in [0.2, 0.25) is 0 Å². The predicted octanol–water partition coefficient (Wildman–Crippen LogP) is 0.884. The lowest BCUT2D eigenvalue weighted by molar-refractivity contribution is -0.151. The molecule has 1 amide bonds. The highest BCUT2D eigenvalue weighted by Gasteiger charge is 2.59. The Morgan fingerprint density at radius 1 is 1.43 bits per heavy atom. The fourth-order valence-electron chi connectivity index (χ4n) is 4.32. The molecule has 3 aliphatic rings. The monoisotopic (exact) mass is 318 g/mol. The number of aryl methyl sites for hydroxylation is 1. The summed E-state index contributed by atoms with van der Waals surface area (Å²) in [6, 6.07) is 0. The minimum atomic E-state index is -0.446. The Kier molecular flexibility index (Phi) is 3.50. The molecule has 3 heterocycles. The molecule has 1 saturated carbocycles. The first-order valence-corrected chi connectivity index (χ1v) is 8.65. The van der Waals surface area contributed by atoms with Gasteiger partial charge in [0.05, 0.1) is 19.3 Å². The molecule has 0 radical (unpaired) electrons. The second kappa shape index (κ2) is 5.31. The minimum Gasteiger partial charge on any atom is -0.367 e. The van der Waals surface area contributed by atoms with Crippen molar-refractivity contribution in [2.75, 3.05) is 32.8 Å². The molecule has 4 rings (SSSR count). The van der Waals surface area contributed by atoms with Crippen molar-refractivity contribution in [2.45, 2.75) is 31.8 Å². The third-order valence-corrected chi connectivity index (χ3v) is 5.99. The standard InChI is InChI=1S/C17H26N4O2/c1-16(13-10-19-20(2)11-13)12-21(7-8-23-16)15(22)14-9-17(14)3-5-18-6-4-17/h10-11,14,18H,3-9,12H2,1-2H3/t14-,16+/m0/s1. The van der Waals surface area contributed by atoms with Crippen molar-refractivity contribution in [2.24, 2.45) is 18.4 Å².